The lowest BCUT2D eigenvalue weighted by Crippen LogP contribution is -2.46. The lowest BCUT2D eigenvalue weighted by Gasteiger charge is -2.36. The predicted molar refractivity (Wildman–Crippen MR) is 234 cm³/mol. The van der Waals surface area contributed by atoms with Gasteiger partial charge in [0, 0.05) is 65.5 Å². The Balaban J connectivity index is 0.942. The molecule has 1 fully saturated rings. The number of nitrogens with zero attached hydrogens (tertiary/aromatic N) is 7. The molecule has 0 bridgehead atoms. The number of anilines is 2. The number of thioether (sulfide) groups is 1. The minimum Gasteiger partial charge on any atom is -0.369 e. The van der Waals surface area contributed by atoms with E-state index in [9.17, 15) is 8.42 Å². The molecule has 13 heteroatoms. The molecule has 7 aromatic rings. The molecule has 0 unspecified atom stereocenters. The molecule has 0 radical (unpaired) electrons. The molecule has 0 amide bonds. The number of nitrogens with one attached hydrogen (secondary N) is 1. The molecule has 1 atom stereocenters. The highest BCUT2D eigenvalue weighted by Gasteiger charge is 2.23. The number of piperazine rings is 1. The van der Waals surface area contributed by atoms with E-state index in [1.165, 1.54) is 22.3 Å². The van der Waals surface area contributed by atoms with Gasteiger partial charge in [-0.05, 0) is 104 Å². The maximum Gasteiger partial charge on any atom is 0.263 e. The zero-order chi connectivity index (χ0) is 39.4. The number of hydrogen-bond acceptors (Lipinski definition) is 9. The first kappa shape index (κ1) is 38.9. The maximum atomic E-state index is 13.8. The Labute approximate surface area is 343 Å². The summed E-state index contributed by atoms with van der Waals surface area (Å²) in [6, 6.07) is 38.2. The van der Waals surface area contributed by atoms with Crippen LogP contribution in [-0.2, 0) is 16.6 Å². The lowest BCUT2D eigenvalue weighted by atomic mass is 9.99. The lowest BCUT2D eigenvalue weighted by molar-refractivity contribution is 0.250. The molecule has 292 valence electrons. The van der Waals surface area contributed by atoms with Gasteiger partial charge < -0.3 is 14.4 Å². The fourth-order valence-electron chi connectivity index (χ4n) is 7.37. The zero-order valence-corrected chi connectivity index (χ0v) is 34.4. The minimum absolute atomic E-state index is 0.126. The van der Waals surface area contributed by atoms with Gasteiger partial charge in [-0.15, -0.1) is 11.8 Å². The zero-order valence-electron chi connectivity index (χ0n) is 32.0. The van der Waals surface area contributed by atoms with Crippen LogP contribution in [0, 0.1) is 0 Å². The van der Waals surface area contributed by atoms with Crippen molar-refractivity contribution in [2.75, 3.05) is 62.2 Å². The van der Waals surface area contributed by atoms with Crippen LogP contribution in [0.1, 0.15) is 18.0 Å². The monoisotopic (exact) mass is 816 g/mol. The summed E-state index contributed by atoms with van der Waals surface area (Å²) in [5.74, 6) is 1.10. The van der Waals surface area contributed by atoms with E-state index < -0.39 is 10.0 Å². The van der Waals surface area contributed by atoms with E-state index in [1.54, 1.807) is 12.1 Å². The standard InChI is InChI=1S/C44H45ClN8O2S2/c1-50(2)21-20-36(29-56-37-9-4-3-5-10-37)53-31-48-42-27-38(17-19-43(42)53)57(54,55)49-44-40-18-16-35(26-41(40)46-30-47-44)52-24-22-51(23-25-52)28-33-8-6-7-11-39(33)32-12-14-34(45)15-13-32/h3-19,26-27,30-31,36H,20-25,28-29H2,1-2H3,(H,46,47,49)/t36-/m1/s1. The Hall–Kier alpha value is -4.98. The minimum atomic E-state index is -3.98. The number of sulfonamides is 1. The van der Waals surface area contributed by atoms with E-state index in [2.05, 4.69) is 114 Å². The average Bonchev–Trinajstić information content (AvgIpc) is 3.65. The third-order valence-electron chi connectivity index (χ3n) is 10.5. The number of halogens is 1. The van der Waals surface area contributed by atoms with Crippen molar-refractivity contribution in [1.82, 2.24) is 29.3 Å². The molecular weight excluding hydrogens is 772 g/mol. The molecule has 57 heavy (non-hydrogen) atoms. The summed E-state index contributed by atoms with van der Waals surface area (Å²) in [5.41, 5.74) is 6.92. The van der Waals surface area contributed by atoms with Crippen molar-refractivity contribution >= 4 is 66.8 Å². The van der Waals surface area contributed by atoms with Crippen LogP contribution in [0.25, 0.3) is 33.1 Å². The van der Waals surface area contributed by atoms with Crippen LogP contribution in [0.15, 0.2) is 138 Å². The number of fused-ring (bicyclic) bond motifs is 2. The fraction of sp³-hybridized carbons (Fsp3) is 0.250. The van der Waals surface area contributed by atoms with Gasteiger partial charge in [0.15, 0.2) is 5.82 Å². The van der Waals surface area contributed by atoms with Gasteiger partial charge in [0.1, 0.15) is 6.33 Å². The third-order valence-corrected chi connectivity index (χ3v) is 13.2. The second-order valence-electron chi connectivity index (χ2n) is 14.6. The Bertz CT molecular complexity index is 2580. The fourth-order valence-corrected chi connectivity index (χ4v) is 9.61. The Morgan fingerprint density at radius 1 is 0.825 bits per heavy atom. The molecule has 0 aliphatic carbocycles. The van der Waals surface area contributed by atoms with Crippen molar-refractivity contribution < 1.29 is 8.42 Å². The SMILES string of the molecule is CN(C)CC[C@H](CSc1ccccc1)n1cnc2cc(S(=O)(=O)Nc3ncnc4cc(N5CCN(Cc6ccccc6-c6ccc(Cl)cc6)CC5)ccc34)ccc21. The number of imidazole rings is 1. The molecule has 3 heterocycles. The van der Waals surface area contributed by atoms with Crippen molar-refractivity contribution in [3.05, 3.63) is 139 Å². The number of benzene rings is 5. The molecule has 5 aromatic carbocycles. The highest BCUT2D eigenvalue weighted by atomic mass is 35.5. The summed E-state index contributed by atoms with van der Waals surface area (Å²) < 4.78 is 32.6. The van der Waals surface area contributed by atoms with E-state index in [0.717, 1.165) is 73.2 Å². The Kier molecular flexibility index (Phi) is 11.8. The molecule has 1 aliphatic rings. The summed E-state index contributed by atoms with van der Waals surface area (Å²) in [4.78, 5) is 21.9. The first-order chi connectivity index (χ1) is 27.7. The van der Waals surface area contributed by atoms with E-state index in [1.807, 2.05) is 60.6 Å². The van der Waals surface area contributed by atoms with Crippen LogP contribution in [0.5, 0.6) is 0 Å². The summed E-state index contributed by atoms with van der Waals surface area (Å²) >= 11 is 7.97. The largest absolute Gasteiger partial charge is 0.369 e. The van der Waals surface area contributed by atoms with Crippen molar-refractivity contribution in [3.63, 3.8) is 0 Å². The van der Waals surface area contributed by atoms with Gasteiger partial charge in [0.2, 0.25) is 0 Å². The van der Waals surface area contributed by atoms with Crippen LogP contribution >= 0.6 is 23.4 Å². The van der Waals surface area contributed by atoms with Gasteiger partial charge >= 0.3 is 0 Å². The van der Waals surface area contributed by atoms with Gasteiger partial charge in [-0.2, -0.15) is 0 Å². The van der Waals surface area contributed by atoms with E-state index >= 15 is 0 Å². The van der Waals surface area contributed by atoms with E-state index in [0.29, 0.717) is 16.4 Å². The van der Waals surface area contributed by atoms with Gasteiger partial charge in [-0.25, -0.2) is 23.4 Å². The van der Waals surface area contributed by atoms with E-state index in [-0.39, 0.29) is 16.8 Å². The maximum absolute atomic E-state index is 13.8. The molecule has 8 rings (SSSR count). The van der Waals surface area contributed by atoms with E-state index in [4.69, 9.17) is 11.6 Å². The quantitative estimate of drug-likeness (QED) is 0.108. The summed E-state index contributed by atoms with van der Waals surface area (Å²) in [5, 5.41) is 1.37. The molecule has 0 saturated carbocycles. The van der Waals surface area contributed by atoms with Gasteiger partial charge in [0.25, 0.3) is 10.0 Å². The van der Waals surface area contributed by atoms with Crippen molar-refractivity contribution in [3.8, 4) is 11.1 Å². The van der Waals surface area contributed by atoms with Crippen LogP contribution in [0.2, 0.25) is 5.02 Å². The highest BCUT2D eigenvalue weighted by molar-refractivity contribution is 7.99. The molecule has 10 nitrogen and oxygen atoms in total. The topological polar surface area (TPSA) is 99.5 Å². The van der Waals surface area contributed by atoms with Crippen LogP contribution in [-0.4, -0.2) is 90.3 Å². The highest BCUT2D eigenvalue weighted by Crippen LogP contribution is 2.32. The molecular formula is C44H45ClN8O2S2. The van der Waals surface area contributed by atoms with Crippen molar-refractivity contribution in [2.45, 2.75) is 28.8 Å². The smallest absolute Gasteiger partial charge is 0.263 e. The third kappa shape index (κ3) is 9.11. The number of rotatable bonds is 14. The molecule has 2 aromatic heterocycles. The summed E-state index contributed by atoms with van der Waals surface area (Å²) in [7, 11) is 0.167. The molecule has 0 spiro atoms. The van der Waals surface area contributed by atoms with Crippen LogP contribution < -0.4 is 9.62 Å². The molecule has 1 aliphatic heterocycles. The summed E-state index contributed by atoms with van der Waals surface area (Å²) in [6.07, 6.45) is 4.17. The van der Waals surface area contributed by atoms with Crippen molar-refractivity contribution in [2.24, 2.45) is 0 Å². The Morgan fingerprint density at radius 3 is 2.39 bits per heavy atom. The van der Waals surface area contributed by atoms with Crippen molar-refractivity contribution in [1.29, 1.82) is 0 Å². The normalized spacial score (nSPS) is 14.4. The molecule has 1 saturated heterocycles. The van der Waals surface area contributed by atoms with Gasteiger partial charge in [-0.1, -0.05) is 66.2 Å². The summed E-state index contributed by atoms with van der Waals surface area (Å²) in [6.45, 7) is 5.32. The van der Waals surface area contributed by atoms with Crippen LogP contribution in [0.3, 0.4) is 0 Å². The second kappa shape index (κ2) is 17.3. The second-order valence-corrected chi connectivity index (χ2v) is 17.8. The Morgan fingerprint density at radius 2 is 1.60 bits per heavy atom. The van der Waals surface area contributed by atoms with Crippen LogP contribution in [0.4, 0.5) is 11.5 Å². The number of hydrogen-bond donors (Lipinski definition) is 1. The molecule has 1 N–H and O–H groups in total. The first-order valence-corrected chi connectivity index (χ1v) is 21.9. The number of aromatic nitrogens is 4. The predicted octanol–water partition coefficient (Wildman–Crippen LogP) is 8.71. The average molecular weight is 817 g/mol. The van der Waals surface area contributed by atoms with Gasteiger partial charge in [-0.3, -0.25) is 9.62 Å². The van der Waals surface area contributed by atoms with Gasteiger partial charge in [0.05, 0.1) is 27.8 Å². The first-order valence-electron chi connectivity index (χ1n) is 19.1.